The van der Waals surface area contributed by atoms with Gasteiger partial charge in [-0.3, -0.25) is 19.0 Å². The van der Waals surface area contributed by atoms with Crippen LogP contribution in [0.15, 0.2) is 71.6 Å². The van der Waals surface area contributed by atoms with Crippen molar-refractivity contribution in [2.24, 2.45) is 11.7 Å². The number of rotatable bonds is 8. The Morgan fingerprint density at radius 2 is 1.93 bits per heavy atom. The van der Waals surface area contributed by atoms with Gasteiger partial charge in [0.15, 0.2) is 12.0 Å². The second-order valence-electron chi connectivity index (χ2n) is 9.76. The molecule has 1 aliphatic rings. The summed E-state index contributed by atoms with van der Waals surface area (Å²) < 4.78 is 26.8. The number of ether oxygens (including phenoxy) is 1. The predicted molar refractivity (Wildman–Crippen MR) is 145 cm³/mol. The predicted octanol–water partition coefficient (Wildman–Crippen LogP) is 4.64. The standard InChI is InChI=1S/C29H30FN5O5/c1-39-29(38)18-8-11-21(12-9-18)35(30)27(36)24-7-4-14-34(24)28(37)26(33-22-6-3-2-5-20(22)16-31)19-10-13-23-25(15-19)40-17-32-23/h2-7,10,13-15,17-18,21,26,33H,8-9,11-12,16,31H2,1H3. The van der Waals surface area contributed by atoms with E-state index in [-0.39, 0.29) is 29.2 Å². The van der Waals surface area contributed by atoms with Crippen LogP contribution in [-0.2, 0) is 16.1 Å². The van der Waals surface area contributed by atoms with E-state index in [1.54, 1.807) is 18.2 Å². The van der Waals surface area contributed by atoms with Crippen molar-refractivity contribution in [2.75, 3.05) is 12.4 Å². The number of fused-ring (bicyclic) bond motifs is 1. The van der Waals surface area contributed by atoms with Gasteiger partial charge in [0.2, 0.25) is 0 Å². The fourth-order valence-corrected chi connectivity index (χ4v) is 5.20. The fourth-order valence-electron chi connectivity index (χ4n) is 5.20. The number of carbonyl (C=O) groups is 3. The van der Waals surface area contributed by atoms with Gasteiger partial charge in [0, 0.05) is 18.4 Å². The van der Waals surface area contributed by atoms with Crippen molar-refractivity contribution in [3.63, 3.8) is 0 Å². The minimum Gasteiger partial charge on any atom is -0.469 e. The number of halogens is 1. The van der Waals surface area contributed by atoms with Crippen LogP contribution in [0.25, 0.3) is 11.1 Å². The van der Waals surface area contributed by atoms with E-state index in [0.717, 1.165) is 10.1 Å². The minimum absolute atomic E-state index is 0.109. The number of methoxy groups -OCH3 is 1. The second-order valence-corrected chi connectivity index (χ2v) is 9.76. The van der Waals surface area contributed by atoms with Crippen molar-refractivity contribution in [2.45, 2.75) is 44.3 Å². The lowest BCUT2D eigenvalue weighted by molar-refractivity contribution is -0.147. The summed E-state index contributed by atoms with van der Waals surface area (Å²) in [4.78, 5) is 43.3. The van der Waals surface area contributed by atoms with E-state index in [4.69, 9.17) is 14.9 Å². The lowest BCUT2D eigenvalue weighted by atomic mass is 9.86. The van der Waals surface area contributed by atoms with Gasteiger partial charge in [0.05, 0.1) is 19.1 Å². The van der Waals surface area contributed by atoms with Crippen LogP contribution >= 0.6 is 0 Å². The minimum atomic E-state index is -0.968. The number of para-hydroxylation sites is 1. The fraction of sp³-hybridized carbons (Fsp3) is 0.310. The van der Waals surface area contributed by atoms with Gasteiger partial charge in [-0.2, -0.15) is 5.12 Å². The molecule has 208 valence electrons. The maximum Gasteiger partial charge on any atom is 0.308 e. The number of hydrogen-bond acceptors (Lipinski definition) is 8. The zero-order chi connectivity index (χ0) is 28.2. The molecule has 1 unspecified atom stereocenters. The molecule has 5 rings (SSSR count). The molecule has 11 heteroatoms. The molecule has 4 aromatic rings. The number of anilines is 1. The van der Waals surface area contributed by atoms with Gasteiger partial charge in [-0.15, -0.1) is 0 Å². The SMILES string of the molecule is COC(=O)C1CCC(N(F)C(=O)c2cccn2C(=O)C(Nc2ccccc2CN)c2ccc3ncoc3c2)CC1. The average Bonchev–Trinajstić information content (AvgIpc) is 3.68. The van der Waals surface area contributed by atoms with Crippen molar-refractivity contribution in [3.8, 4) is 0 Å². The summed E-state index contributed by atoms with van der Waals surface area (Å²) in [5, 5.41) is 3.44. The highest BCUT2D eigenvalue weighted by atomic mass is 19.2. The molecule has 10 nitrogen and oxygen atoms in total. The third-order valence-corrected chi connectivity index (χ3v) is 7.42. The van der Waals surface area contributed by atoms with Crippen LogP contribution in [-0.4, -0.2) is 45.6 Å². The molecule has 1 fully saturated rings. The van der Waals surface area contributed by atoms with Gasteiger partial charge in [-0.05, 0) is 67.1 Å². The summed E-state index contributed by atoms with van der Waals surface area (Å²) in [5.41, 5.74) is 8.94. The van der Waals surface area contributed by atoms with Gasteiger partial charge >= 0.3 is 5.97 Å². The van der Waals surface area contributed by atoms with Crippen LogP contribution < -0.4 is 11.1 Å². The zero-order valence-electron chi connectivity index (χ0n) is 22.0. The van der Waals surface area contributed by atoms with E-state index in [1.165, 1.54) is 31.8 Å². The highest BCUT2D eigenvalue weighted by Crippen LogP contribution is 2.31. The van der Waals surface area contributed by atoms with Crippen LogP contribution in [0, 0.1) is 5.92 Å². The first-order chi connectivity index (χ1) is 19.4. The first-order valence-corrected chi connectivity index (χ1v) is 13.1. The van der Waals surface area contributed by atoms with E-state index >= 15 is 4.48 Å². The smallest absolute Gasteiger partial charge is 0.308 e. The summed E-state index contributed by atoms with van der Waals surface area (Å²) in [7, 11) is 1.32. The van der Waals surface area contributed by atoms with E-state index < -0.39 is 23.9 Å². The quantitative estimate of drug-likeness (QED) is 0.241. The Morgan fingerprint density at radius 1 is 1.15 bits per heavy atom. The molecule has 2 aromatic heterocycles. The summed E-state index contributed by atoms with van der Waals surface area (Å²) >= 11 is 0. The molecule has 3 N–H and O–H groups in total. The maximum absolute atomic E-state index is 15.4. The van der Waals surface area contributed by atoms with Crippen LogP contribution in [0.1, 0.15) is 58.1 Å². The van der Waals surface area contributed by atoms with Crippen molar-refractivity contribution in [1.82, 2.24) is 14.7 Å². The molecule has 1 saturated carbocycles. The van der Waals surface area contributed by atoms with E-state index in [1.807, 2.05) is 24.3 Å². The van der Waals surface area contributed by atoms with Crippen molar-refractivity contribution in [3.05, 3.63) is 84.0 Å². The number of esters is 1. The van der Waals surface area contributed by atoms with Gasteiger partial charge in [-0.1, -0.05) is 28.7 Å². The first-order valence-electron chi connectivity index (χ1n) is 13.1. The molecule has 1 atom stereocenters. The number of aromatic nitrogens is 2. The summed E-state index contributed by atoms with van der Waals surface area (Å²) in [6.45, 7) is 0.244. The van der Waals surface area contributed by atoms with Gasteiger partial charge in [-0.25, -0.2) is 4.98 Å². The van der Waals surface area contributed by atoms with Crippen LogP contribution in [0.4, 0.5) is 10.2 Å². The van der Waals surface area contributed by atoms with E-state index in [0.29, 0.717) is 48.0 Å². The number of amides is 1. The van der Waals surface area contributed by atoms with Gasteiger partial charge in [0.1, 0.15) is 17.3 Å². The average molecular weight is 548 g/mol. The highest BCUT2D eigenvalue weighted by molar-refractivity contribution is 5.99. The number of carbonyl (C=O) groups excluding carboxylic acids is 3. The van der Waals surface area contributed by atoms with E-state index in [9.17, 15) is 14.4 Å². The number of oxazole rings is 1. The zero-order valence-corrected chi connectivity index (χ0v) is 22.0. The maximum atomic E-state index is 15.4. The first kappa shape index (κ1) is 27.1. The Kier molecular flexibility index (Phi) is 7.92. The molecule has 0 saturated heterocycles. The Balaban J connectivity index is 1.43. The van der Waals surface area contributed by atoms with E-state index in [2.05, 4.69) is 10.3 Å². The summed E-state index contributed by atoms with van der Waals surface area (Å²) in [5.74, 6) is -2.05. The monoisotopic (exact) mass is 547 g/mol. The van der Waals surface area contributed by atoms with Crippen molar-refractivity contribution in [1.29, 1.82) is 0 Å². The molecule has 1 amide bonds. The molecular weight excluding hydrogens is 517 g/mol. The molecule has 2 aromatic carbocycles. The van der Waals surface area contributed by atoms with Crippen LogP contribution in [0.3, 0.4) is 0 Å². The van der Waals surface area contributed by atoms with Crippen molar-refractivity contribution < 1.29 is 28.0 Å². The molecular formula is C29H30FN5O5. The number of hydrogen-bond donors (Lipinski definition) is 2. The Hall–Kier alpha value is -4.51. The molecule has 1 aliphatic carbocycles. The largest absolute Gasteiger partial charge is 0.469 e. The number of nitrogens with zero attached hydrogens (tertiary/aromatic N) is 3. The third kappa shape index (κ3) is 5.32. The number of benzene rings is 2. The number of nitrogens with two attached hydrogens (primary N) is 1. The molecule has 0 spiro atoms. The summed E-state index contributed by atoms with van der Waals surface area (Å²) in [6.07, 6.45) is 4.22. The molecule has 0 bridgehead atoms. The highest BCUT2D eigenvalue weighted by Gasteiger charge is 2.35. The Labute approximate surface area is 229 Å². The number of nitrogens with one attached hydrogen (secondary N) is 1. The van der Waals surface area contributed by atoms with Crippen LogP contribution in [0.2, 0.25) is 0 Å². The van der Waals surface area contributed by atoms with Gasteiger partial charge in [0.25, 0.3) is 11.8 Å². The molecule has 0 radical (unpaired) electrons. The lowest BCUT2D eigenvalue weighted by Gasteiger charge is -2.30. The third-order valence-electron chi connectivity index (χ3n) is 7.42. The normalized spacial score (nSPS) is 17.8. The lowest BCUT2D eigenvalue weighted by Crippen LogP contribution is -2.39. The molecule has 2 heterocycles. The Morgan fingerprint density at radius 3 is 2.67 bits per heavy atom. The van der Waals surface area contributed by atoms with Gasteiger partial charge < -0.3 is 20.2 Å². The molecule has 40 heavy (non-hydrogen) atoms. The van der Waals surface area contributed by atoms with Crippen molar-refractivity contribution >= 4 is 34.6 Å². The van der Waals surface area contributed by atoms with Crippen LogP contribution in [0.5, 0.6) is 0 Å². The topological polar surface area (TPSA) is 133 Å². The second kappa shape index (κ2) is 11.7. The molecule has 0 aliphatic heterocycles. The Bertz CT molecular complexity index is 1520. The summed E-state index contributed by atoms with van der Waals surface area (Å²) in [6, 6.07) is 13.8.